The zero-order valence-electron chi connectivity index (χ0n) is 13.4. The zero-order chi connectivity index (χ0) is 17.2. The van der Waals surface area contributed by atoms with Gasteiger partial charge in [-0.2, -0.15) is 0 Å². The van der Waals surface area contributed by atoms with Gasteiger partial charge >= 0.3 is 6.03 Å². The van der Waals surface area contributed by atoms with Crippen molar-refractivity contribution in [2.75, 3.05) is 44.7 Å². The third-order valence-corrected chi connectivity index (χ3v) is 4.81. The molecule has 0 aliphatic carbocycles. The lowest BCUT2D eigenvalue weighted by Gasteiger charge is -2.42. The van der Waals surface area contributed by atoms with Crippen LogP contribution >= 0.6 is 11.6 Å². The summed E-state index contributed by atoms with van der Waals surface area (Å²) >= 11 is 5.80. The van der Waals surface area contributed by atoms with Gasteiger partial charge in [-0.3, -0.25) is 0 Å². The molecule has 0 bridgehead atoms. The quantitative estimate of drug-likeness (QED) is 0.796. The Morgan fingerprint density at radius 2 is 1.83 bits per heavy atom. The number of amides is 2. The molecule has 2 aliphatic heterocycles. The number of hydrogen-bond donors (Lipinski definition) is 2. The smallest absolute Gasteiger partial charge is 0.320 e. The monoisotopic (exact) mass is 356 g/mol. The lowest BCUT2D eigenvalue weighted by Crippen LogP contribution is -2.58. The average Bonchev–Trinajstić information content (AvgIpc) is 2.59. The van der Waals surface area contributed by atoms with Crippen LogP contribution in [0.1, 0.15) is 12.8 Å². The highest BCUT2D eigenvalue weighted by Gasteiger charge is 2.34. The number of halogens is 2. The molecule has 24 heavy (non-hydrogen) atoms. The SMILES string of the molecule is NC1(Nc2ccc(F)c(Cl)c2)CCN(C(=O)N2CCOCC2)CC1. The molecular weight excluding hydrogens is 335 g/mol. The average molecular weight is 357 g/mol. The second kappa shape index (κ2) is 7.13. The van der Waals surface area contributed by atoms with Crippen LogP contribution in [-0.4, -0.2) is 60.9 Å². The summed E-state index contributed by atoms with van der Waals surface area (Å²) in [6.07, 6.45) is 1.22. The molecule has 2 amide bonds. The number of rotatable bonds is 2. The summed E-state index contributed by atoms with van der Waals surface area (Å²) in [5.74, 6) is -0.459. The van der Waals surface area contributed by atoms with Crippen LogP contribution in [0.25, 0.3) is 0 Å². The number of anilines is 1. The molecule has 1 aromatic carbocycles. The van der Waals surface area contributed by atoms with E-state index in [1.54, 1.807) is 6.07 Å². The molecule has 0 saturated carbocycles. The number of nitrogens with two attached hydrogens (primary N) is 1. The molecule has 2 saturated heterocycles. The number of nitrogens with one attached hydrogen (secondary N) is 1. The molecule has 3 N–H and O–H groups in total. The predicted molar refractivity (Wildman–Crippen MR) is 90.5 cm³/mol. The van der Waals surface area contributed by atoms with Gasteiger partial charge in [-0.1, -0.05) is 11.6 Å². The Hall–Kier alpha value is -1.57. The van der Waals surface area contributed by atoms with E-state index >= 15 is 0 Å². The van der Waals surface area contributed by atoms with Crippen molar-refractivity contribution in [3.05, 3.63) is 29.0 Å². The van der Waals surface area contributed by atoms with Gasteiger partial charge in [-0.15, -0.1) is 0 Å². The van der Waals surface area contributed by atoms with E-state index in [1.807, 2.05) is 9.80 Å². The molecule has 2 fully saturated rings. The molecule has 2 heterocycles. The van der Waals surface area contributed by atoms with Gasteiger partial charge in [-0.05, 0) is 18.2 Å². The number of hydrogen-bond acceptors (Lipinski definition) is 4. The largest absolute Gasteiger partial charge is 0.378 e. The van der Waals surface area contributed by atoms with Crippen molar-refractivity contribution in [1.29, 1.82) is 0 Å². The Kier molecular flexibility index (Phi) is 5.12. The minimum absolute atomic E-state index is 0.0465. The number of morpholine rings is 1. The number of urea groups is 1. The van der Waals surface area contributed by atoms with E-state index in [4.69, 9.17) is 22.1 Å². The summed E-state index contributed by atoms with van der Waals surface area (Å²) in [6, 6.07) is 4.49. The third kappa shape index (κ3) is 3.91. The molecule has 0 spiro atoms. The second-order valence-corrected chi connectivity index (χ2v) is 6.69. The predicted octanol–water partition coefficient (Wildman–Crippen LogP) is 2.09. The first-order valence-corrected chi connectivity index (χ1v) is 8.48. The zero-order valence-corrected chi connectivity index (χ0v) is 14.2. The highest BCUT2D eigenvalue weighted by Crippen LogP contribution is 2.26. The first-order valence-electron chi connectivity index (χ1n) is 8.11. The number of piperidine rings is 1. The van der Waals surface area contributed by atoms with E-state index in [0.29, 0.717) is 57.9 Å². The lowest BCUT2D eigenvalue weighted by atomic mass is 9.97. The van der Waals surface area contributed by atoms with Crippen LogP contribution < -0.4 is 11.1 Å². The van der Waals surface area contributed by atoms with Crippen LogP contribution in [0.2, 0.25) is 5.02 Å². The molecule has 2 aliphatic rings. The summed E-state index contributed by atoms with van der Waals surface area (Å²) in [4.78, 5) is 16.1. The molecule has 8 heteroatoms. The lowest BCUT2D eigenvalue weighted by molar-refractivity contribution is 0.0398. The van der Waals surface area contributed by atoms with Gasteiger partial charge in [0.15, 0.2) is 0 Å². The Labute approximate surface area is 145 Å². The number of carbonyl (C=O) groups is 1. The van der Waals surface area contributed by atoms with Gasteiger partial charge in [0, 0.05) is 44.7 Å². The number of likely N-dealkylation sites (tertiary alicyclic amines) is 1. The summed E-state index contributed by atoms with van der Waals surface area (Å²) in [6.45, 7) is 3.61. The maximum absolute atomic E-state index is 13.2. The fourth-order valence-corrected chi connectivity index (χ4v) is 3.22. The maximum atomic E-state index is 13.2. The molecule has 3 rings (SSSR count). The third-order valence-electron chi connectivity index (χ3n) is 4.52. The fraction of sp³-hybridized carbons (Fsp3) is 0.562. The molecule has 6 nitrogen and oxygen atoms in total. The van der Waals surface area contributed by atoms with Crippen molar-refractivity contribution in [2.45, 2.75) is 18.5 Å². The van der Waals surface area contributed by atoms with Gasteiger partial charge in [0.25, 0.3) is 0 Å². The molecule has 132 valence electrons. The minimum Gasteiger partial charge on any atom is -0.378 e. The molecule has 0 atom stereocenters. The van der Waals surface area contributed by atoms with Crippen LogP contribution in [0.5, 0.6) is 0 Å². The Morgan fingerprint density at radius 1 is 1.21 bits per heavy atom. The van der Waals surface area contributed by atoms with Crippen LogP contribution in [0.3, 0.4) is 0 Å². The van der Waals surface area contributed by atoms with Crippen LogP contribution in [0.15, 0.2) is 18.2 Å². The van der Waals surface area contributed by atoms with Crippen molar-refractivity contribution < 1.29 is 13.9 Å². The normalized spacial score (nSPS) is 20.8. The van der Waals surface area contributed by atoms with E-state index in [-0.39, 0.29) is 11.1 Å². The van der Waals surface area contributed by atoms with Crippen LogP contribution in [0.4, 0.5) is 14.9 Å². The van der Waals surface area contributed by atoms with Crippen LogP contribution in [-0.2, 0) is 4.74 Å². The van der Waals surface area contributed by atoms with Gasteiger partial charge < -0.3 is 25.6 Å². The van der Waals surface area contributed by atoms with Gasteiger partial charge in [0.2, 0.25) is 0 Å². The maximum Gasteiger partial charge on any atom is 0.320 e. The number of ether oxygens (including phenoxy) is 1. The highest BCUT2D eigenvalue weighted by atomic mass is 35.5. The molecule has 1 aromatic rings. The Balaban J connectivity index is 1.56. The van der Waals surface area contributed by atoms with E-state index in [1.165, 1.54) is 12.1 Å². The van der Waals surface area contributed by atoms with E-state index < -0.39 is 11.5 Å². The molecular formula is C16H22ClFN4O2. The molecule has 0 unspecified atom stereocenters. The summed E-state index contributed by atoms with van der Waals surface area (Å²) in [5.41, 5.74) is 6.44. The Bertz CT molecular complexity index is 602. The van der Waals surface area contributed by atoms with Gasteiger partial charge in [0.05, 0.1) is 23.9 Å². The number of nitrogens with zero attached hydrogens (tertiary/aromatic N) is 2. The highest BCUT2D eigenvalue weighted by molar-refractivity contribution is 6.31. The van der Waals surface area contributed by atoms with Crippen molar-refractivity contribution in [3.8, 4) is 0 Å². The summed E-state index contributed by atoms with van der Waals surface area (Å²) in [7, 11) is 0. The van der Waals surface area contributed by atoms with E-state index in [9.17, 15) is 9.18 Å². The number of carbonyl (C=O) groups excluding carboxylic acids is 1. The Morgan fingerprint density at radius 3 is 2.46 bits per heavy atom. The summed E-state index contributed by atoms with van der Waals surface area (Å²) in [5, 5.41) is 3.28. The van der Waals surface area contributed by atoms with E-state index in [2.05, 4.69) is 5.32 Å². The minimum atomic E-state index is -0.636. The first-order chi connectivity index (χ1) is 11.5. The van der Waals surface area contributed by atoms with Crippen molar-refractivity contribution in [1.82, 2.24) is 9.80 Å². The van der Waals surface area contributed by atoms with Crippen molar-refractivity contribution in [2.24, 2.45) is 5.73 Å². The second-order valence-electron chi connectivity index (χ2n) is 6.28. The molecule has 0 aromatic heterocycles. The van der Waals surface area contributed by atoms with Crippen molar-refractivity contribution >= 4 is 23.3 Å². The topological polar surface area (TPSA) is 70.8 Å². The fourth-order valence-electron chi connectivity index (χ4n) is 3.04. The van der Waals surface area contributed by atoms with Gasteiger partial charge in [0.1, 0.15) is 5.82 Å². The number of benzene rings is 1. The standard InChI is InChI=1S/C16H22ClFN4O2/c17-13-11-12(1-2-14(13)18)20-16(19)3-5-21(6-4-16)15(23)22-7-9-24-10-8-22/h1-2,11,20H,3-10,19H2. The summed E-state index contributed by atoms with van der Waals surface area (Å²) < 4.78 is 18.5. The van der Waals surface area contributed by atoms with Crippen molar-refractivity contribution in [3.63, 3.8) is 0 Å². The van der Waals surface area contributed by atoms with Gasteiger partial charge in [-0.25, -0.2) is 9.18 Å². The first kappa shape index (κ1) is 17.3. The van der Waals surface area contributed by atoms with Crippen LogP contribution in [0, 0.1) is 5.82 Å². The van der Waals surface area contributed by atoms with E-state index in [0.717, 1.165) is 0 Å². The molecule has 0 radical (unpaired) electrons.